The minimum Gasteiger partial charge on any atom is -0.314 e. The van der Waals surface area contributed by atoms with E-state index in [1.807, 2.05) is 26.0 Å². The number of rotatable bonds is 3. The van der Waals surface area contributed by atoms with Crippen LogP contribution in [0.25, 0.3) is 0 Å². The maximum atomic E-state index is 10.9. The fraction of sp³-hybridized carbons (Fsp3) is 0.444. The van der Waals surface area contributed by atoms with E-state index in [-0.39, 0.29) is 5.91 Å². The lowest BCUT2D eigenvalue weighted by molar-refractivity contribution is -0.126. The second kappa shape index (κ2) is 4.72. The van der Waals surface area contributed by atoms with Crippen LogP contribution in [-0.4, -0.2) is 17.4 Å². The molecular formula is C9H15NO. The molecule has 0 unspecified atom stereocenters. The highest BCUT2D eigenvalue weighted by atomic mass is 16.2. The van der Waals surface area contributed by atoms with Crippen LogP contribution in [0, 0.1) is 0 Å². The molecule has 0 aliphatic carbocycles. The molecule has 0 fully saturated rings. The molecule has 0 rings (SSSR count). The molecule has 0 aliphatic rings. The Labute approximate surface area is 68.2 Å². The zero-order chi connectivity index (χ0) is 8.85. The topological polar surface area (TPSA) is 20.3 Å². The van der Waals surface area contributed by atoms with Crippen molar-refractivity contribution < 1.29 is 4.79 Å². The summed E-state index contributed by atoms with van der Waals surface area (Å²) in [6.07, 6.45) is 3.69. The highest BCUT2D eigenvalue weighted by Crippen LogP contribution is 2.02. The SMILES string of the molecule is C=C(/C=C\C)N(CC)C(C)=O. The second-order valence-corrected chi connectivity index (χ2v) is 2.25. The number of carbonyl (C=O) groups excluding carboxylic acids is 1. The van der Waals surface area contributed by atoms with E-state index in [2.05, 4.69) is 6.58 Å². The van der Waals surface area contributed by atoms with Crippen molar-refractivity contribution in [1.82, 2.24) is 4.90 Å². The van der Waals surface area contributed by atoms with E-state index in [0.717, 1.165) is 5.70 Å². The van der Waals surface area contributed by atoms with Gasteiger partial charge in [0.2, 0.25) is 5.91 Å². The summed E-state index contributed by atoms with van der Waals surface area (Å²) in [6, 6.07) is 0. The Morgan fingerprint density at radius 1 is 1.64 bits per heavy atom. The zero-order valence-electron chi connectivity index (χ0n) is 7.42. The molecule has 0 aromatic heterocycles. The van der Waals surface area contributed by atoms with E-state index in [4.69, 9.17) is 0 Å². The molecule has 62 valence electrons. The van der Waals surface area contributed by atoms with Gasteiger partial charge in [0.15, 0.2) is 0 Å². The van der Waals surface area contributed by atoms with Crippen LogP contribution in [-0.2, 0) is 4.79 Å². The average molecular weight is 153 g/mol. The van der Waals surface area contributed by atoms with Crippen molar-refractivity contribution in [3.8, 4) is 0 Å². The van der Waals surface area contributed by atoms with Crippen molar-refractivity contribution in [2.75, 3.05) is 6.54 Å². The highest BCUT2D eigenvalue weighted by molar-refractivity contribution is 5.75. The van der Waals surface area contributed by atoms with Gasteiger partial charge < -0.3 is 4.90 Å². The molecule has 0 spiro atoms. The molecule has 0 radical (unpaired) electrons. The van der Waals surface area contributed by atoms with Gasteiger partial charge in [-0.25, -0.2) is 0 Å². The monoisotopic (exact) mass is 153 g/mol. The van der Waals surface area contributed by atoms with E-state index in [1.165, 1.54) is 6.92 Å². The van der Waals surface area contributed by atoms with Crippen LogP contribution in [0.1, 0.15) is 20.8 Å². The van der Waals surface area contributed by atoms with Crippen LogP contribution in [0.15, 0.2) is 24.4 Å². The van der Waals surface area contributed by atoms with Crippen LogP contribution < -0.4 is 0 Å². The summed E-state index contributed by atoms with van der Waals surface area (Å²) < 4.78 is 0. The van der Waals surface area contributed by atoms with Crippen LogP contribution >= 0.6 is 0 Å². The molecule has 0 aromatic carbocycles. The number of likely N-dealkylation sites (N-methyl/N-ethyl adjacent to an activating group) is 1. The molecule has 0 aliphatic heterocycles. The number of carbonyl (C=O) groups is 1. The van der Waals surface area contributed by atoms with Gasteiger partial charge in [-0.15, -0.1) is 0 Å². The lowest BCUT2D eigenvalue weighted by Crippen LogP contribution is -2.26. The maximum absolute atomic E-state index is 10.9. The molecular weight excluding hydrogens is 138 g/mol. The Morgan fingerprint density at radius 2 is 2.18 bits per heavy atom. The number of hydrogen-bond donors (Lipinski definition) is 0. The van der Waals surface area contributed by atoms with E-state index in [0.29, 0.717) is 6.54 Å². The summed E-state index contributed by atoms with van der Waals surface area (Å²) in [5, 5.41) is 0. The molecule has 0 saturated heterocycles. The molecule has 0 heterocycles. The first-order valence-electron chi connectivity index (χ1n) is 3.73. The van der Waals surface area contributed by atoms with E-state index in [1.54, 1.807) is 4.90 Å². The summed E-state index contributed by atoms with van der Waals surface area (Å²) in [4.78, 5) is 12.5. The van der Waals surface area contributed by atoms with E-state index >= 15 is 0 Å². The van der Waals surface area contributed by atoms with Gasteiger partial charge in [0.25, 0.3) is 0 Å². The molecule has 0 N–H and O–H groups in total. The van der Waals surface area contributed by atoms with Gasteiger partial charge in [-0.05, 0) is 19.9 Å². The Balaban J connectivity index is 4.26. The Morgan fingerprint density at radius 3 is 2.45 bits per heavy atom. The third kappa shape index (κ3) is 3.03. The van der Waals surface area contributed by atoms with Crippen LogP contribution in [0.4, 0.5) is 0 Å². The van der Waals surface area contributed by atoms with Crippen molar-refractivity contribution in [2.24, 2.45) is 0 Å². The van der Waals surface area contributed by atoms with Crippen LogP contribution in [0.2, 0.25) is 0 Å². The largest absolute Gasteiger partial charge is 0.314 e. The summed E-state index contributed by atoms with van der Waals surface area (Å²) >= 11 is 0. The number of hydrogen-bond acceptors (Lipinski definition) is 1. The van der Waals surface area contributed by atoms with Crippen LogP contribution in [0.3, 0.4) is 0 Å². The van der Waals surface area contributed by atoms with Gasteiger partial charge in [-0.3, -0.25) is 4.79 Å². The molecule has 2 nitrogen and oxygen atoms in total. The molecule has 0 bridgehead atoms. The first-order chi connectivity index (χ1) is 5.13. The normalized spacial score (nSPS) is 10.1. The molecule has 1 amide bonds. The van der Waals surface area contributed by atoms with Gasteiger partial charge in [0.1, 0.15) is 0 Å². The van der Waals surface area contributed by atoms with Gasteiger partial charge >= 0.3 is 0 Å². The molecule has 2 heteroatoms. The second-order valence-electron chi connectivity index (χ2n) is 2.25. The standard InChI is InChI=1S/C9H15NO/c1-5-7-8(3)10(6-2)9(4)11/h5,7H,3,6H2,1-2,4H3/b7-5-. The van der Waals surface area contributed by atoms with E-state index in [9.17, 15) is 4.79 Å². The van der Waals surface area contributed by atoms with Crippen molar-refractivity contribution in [3.63, 3.8) is 0 Å². The average Bonchev–Trinajstić information content (AvgIpc) is 1.88. The third-order valence-electron chi connectivity index (χ3n) is 1.40. The minimum atomic E-state index is 0.0376. The van der Waals surface area contributed by atoms with Crippen molar-refractivity contribution in [1.29, 1.82) is 0 Å². The summed E-state index contributed by atoms with van der Waals surface area (Å²) in [7, 11) is 0. The minimum absolute atomic E-state index is 0.0376. The Bertz CT molecular complexity index is 182. The first-order valence-corrected chi connectivity index (χ1v) is 3.73. The fourth-order valence-electron chi connectivity index (χ4n) is 0.910. The molecule has 11 heavy (non-hydrogen) atoms. The van der Waals surface area contributed by atoms with E-state index < -0.39 is 0 Å². The number of allylic oxidation sites excluding steroid dienone is 2. The van der Waals surface area contributed by atoms with Crippen molar-refractivity contribution in [3.05, 3.63) is 24.4 Å². The van der Waals surface area contributed by atoms with Crippen molar-refractivity contribution in [2.45, 2.75) is 20.8 Å². The summed E-state index contributed by atoms with van der Waals surface area (Å²) in [6.45, 7) is 9.80. The lowest BCUT2D eigenvalue weighted by Gasteiger charge is -2.18. The Hall–Kier alpha value is -1.05. The van der Waals surface area contributed by atoms with Gasteiger partial charge in [-0.1, -0.05) is 12.7 Å². The predicted molar refractivity (Wildman–Crippen MR) is 47.0 cm³/mol. The van der Waals surface area contributed by atoms with Gasteiger partial charge in [0.05, 0.1) is 0 Å². The van der Waals surface area contributed by atoms with Crippen LogP contribution in [0.5, 0.6) is 0 Å². The molecule has 0 atom stereocenters. The smallest absolute Gasteiger partial charge is 0.223 e. The summed E-state index contributed by atoms with van der Waals surface area (Å²) in [5.41, 5.74) is 0.752. The zero-order valence-corrected chi connectivity index (χ0v) is 7.42. The van der Waals surface area contributed by atoms with Gasteiger partial charge in [-0.2, -0.15) is 0 Å². The Kier molecular flexibility index (Phi) is 4.27. The maximum Gasteiger partial charge on any atom is 0.223 e. The number of nitrogens with zero attached hydrogens (tertiary/aromatic N) is 1. The predicted octanol–water partition coefficient (Wildman–Crippen LogP) is 1.94. The fourth-order valence-corrected chi connectivity index (χ4v) is 0.910. The van der Waals surface area contributed by atoms with Crippen molar-refractivity contribution >= 4 is 5.91 Å². The lowest BCUT2D eigenvalue weighted by atomic mass is 10.3. The third-order valence-corrected chi connectivity index (χ3v) is 1.40. The first kappa shape index (κ1) is 9.95. The summed E-state index contributed by atoms with van der Waals surface area (Å²) in [5.74, 6) is 0.0376. The highest BCUT2D eigenvalue weighted by Gasteiger charge is 2.05. The quantitative estimate of drug-likeness (QED) is 0.567. The molecule has 0 aromatic rings. The van der Waals surface area contributed by atoms with Gasteiger partial charge in [0, 0.05) is 19.2 Å². The number of amides is 1. The molecule has 0 saturated carbocycles.